The molecule has 0 bridgehead atoms. The summed E-state index contributed by atoms with van der Waals surface area (Å²) in [7, 11) is 4.11. The summed E-state index contributed by atoms with van der Waals surface area (Å²) in [5, 5.41) is 3.15. The van der Waals surface area contributed by atoms with Gasteiger partial charge in [0.25, 0.3) is 0 Å². The van der Waals surface area contributed by atoms with Crippen molar-refractivity contribution in [2.24, 2.45) is 0 Å². The lowest BCUT2D eigenvalue weighted by molar-refractivity contribution is 0.250. The average molecular weight is 248 g/mol. The minimum atomic E-state index is 0.920. The fourth-order valence-electron chi connectivity index (χ4n) is 2.39. The molecular weight excluding hydrogens is 224 g/mol. The van der Waals surface area contributed by atoms with Crippen LogP contribution in [0.4, 0.5) is 5.69 Å². The fraction of sp³-hybridized carbons (Fsp3) is 0.643. The number of hydrogen-bond donors (Lipinski definition) is 1. The van der Waals surface area contributed by atoms with Gasteiger partial charge in [0.2, 0.25) is 0 Å². The summed E-state index contributed by atoms with van der Waals surface area (Å²) in [6.45, 7) is 5.78. The molecule has 0 atom stereocenters. The Labute approximate surface area is 110 Å². The van der Waals surface area contributed by atoms with Crippen LogP contribution in [0.3, 0.4) is 0 Å². The molecular formula is C14H24N4. The molecule has 1 fully saturated rings. The number of nitrogens with one attached hydrogen (secondary N) is 1. The number of nitrogens with zero attached hydrogens (tertiary/aromatic N) is 3. The highest BCUT2D eigenvalue weighted by Gasteiger charge is 2.11. The van der Waals surface area contributed by atoms with Crippen molar-refractivity contribution >= 4 is 5.69 Å². The lowest BCUT2D eigenvalue weighted by Gasteiger charge is -2.21. The Bertz CT molecular complexity index is 361. The molecule has 1 aromatic heterocycles. The van der Waals surface area contributed by atoms with E-state index >= 15 is 0 Å². The van der Waals surface area contributed by atoms with Crippen LogP contribution in [0, 0.1) is 0 Å². The molecule has 1 saturated heterocycles. The maximum Gasteiger partial charge on any atom is 0.0564 e. The van der Waals surface area contributed by atoms with Crippen molar-refractivity contribution in [3.05, 3.63) is 24.0 Å². The predicted molar refractivity (Wildman–Crippen MR) is 75.8 cm³/mol. The van der Waals surface area contributed by atoms with E-state index in [1.807, 2.05) is 19.3 Å². The van der Waals surface area contributed by atoms with Gasteiger partial charge in [-0.3, -0.25) is 9.88 Å². The summed E-state index contributed by atoms with van der Waals surface area (Å²) in [6.07, 6.45) is 4.61. The lowest BCUT2D eigenvalue weighted by Crippen LogP contribution is -2.31. The van der Waals surface area contributed by atoms with Crippen LogP contribution >= 0.6 is 0 Å². The Hall–Kier alpha value is -1.13. The molecule has 0 unspecified atom stereocenters. The van der Waals surface area contributed by atoms with Gasteiger partial charge in [0, 0.05) is 38.6 Å². The minimum absolute atomic E-state index is 0.920. The van der Waals surface area contributed by atoms with Crippen LogP contribution in [0.1, 0.15) is 18.5 Å². The number of likely N-dealkylation sites (N-methyl/N-ethyl adjacent to an activating group) is 1. The number of anilines is 1. The third-order valence-corrected chi connectivity index (χ3v) is 3.53. The zero-order valence-corrected chi connectivity index (χ0v) is 11.5. The molecule has 100 valence electrons. The van der Waals surface area contributed by atoms with E-state index in [0.717, 1.165) is 24.5 Å². The van der Waals surface area contributed by atoms with Crippen LogP contribution in [0.2, 0.25) is 0 Å². The van der Waals surface area contributed by atoms with E-state index in [0.29, 0.717) is 0 Å². The molecule has 0 aromatic carbocycles. The summed E-state index contributed by atoms with van der Waals surface area (Å²) in [5.41, 5.74) is 2.26. The van der Waals surface area contributed by atoms with Crippen LogP contribution in [0.25, 0.3) is 0 Å². The normalized spacial score (nSPS) is 16.4. The van der Waals surface area contributed by atoms with E-state index in [2.05, 4.69) is 33.2 Å². The molecule has 4 nitrogen and oxygen atoms in total. The van der Waals surface area contributed by atoms with Crippen molar-refractivity contribution in [3.63, 3.8) is 0 Å². The molecule has 0 radical (unpaired) electrons. The highest BCUT2D eigenvalue weighted by atomic mass is 15.2. The molecule has 1 N–H and O–H groups in total. The van der Waals surface area contributed by atoms with Crippen LogP contribution in [-0.2, 0) is 6.54 Å². The predicted octanol–water partition coefficient (Wildman–Crippen LogP) is 1.65. The first-order valence-corrected chi connectivity index (χ1v) is 6.81. The monoisotopic (exact) mass is 248 g/mol. The topological polar surface area (TPSA) is 31.4 Å². The van der Waals surface area contributed by atoms with Crippen molar-refractivity contribution in [1.82, 2.24) is 14.8 Å². The van der Waals surface area contributed by atoms with E-state index in [9.17, 15) is 0 Å². The van der Waals surface area contributed by atoms with E-state index in [4.69, 9.17) is 0 Å². The van der Waals surface area contributed by atoms with Gasteiger partial charge in [0.1, 0.15) is 0 Å². The average Bonchev–Trinajstić information content (AvgIpc) is 2.90. The highest BCUT2D eigenvalue weighted by molar-refractivity contribution is 5.42. The van der Waals surface area contributed by atoms with E-state index in [-0.39, 0.29) is 0 Å². The molecule has 1 aliphatic heterocycles. The summed E-state index contributed by atoms with van der Waals surface area (Å²) in [4.78, 5) is 9.31. The second kappa shape index (κ2) is 6.71. The van der Waals surface area contributed by atoms with Crippen molar-refractivity contribution in [2.75, 3.05) is 45.6 Å². The number of aromatic nitrogens is 1. The van der Waals surface area contributed by atoms with Crippen molar-refractivity contribution in [3.8, 4) is 0 Å². The van der Waals surface area contributed by atoms with Gasteiger partial charge < -0.3 is 10.2 Å². The van der Waals surface area contributed by atoms with Gasteiger partial charge in [-0.1, -0.05) is 0 Å². The zero-order chi connectivity index (χ0) is 12.8. The quantitative estimate of drug-likeness (QED) is 0.829. The third kappa shape index (κ3) is 3.96. The molecule has 1 aromatic rings. The molecule has 0 spiro atoms. The Morgan fingerprint density at radius 2 is 2.17 bits per heavy atom. The maximum atomic E-state index is 4.41. The van der Waals surface area contributed by atoms with Crippen molar-refractivity contribution < 1.29 is 0 Å². The second-order valence-electron chi connectivity index (χ2n) is 5.07. The van der Waals surface area contributed by atoms with Crippen LogP contribution in [0.15, 0.2) is 18.3 Å². The van der Waals surface area contributed by atoms with Crippen molar-refractivity contribution in [2.45, 2.75) is 19.4 Å². The van der Waals surface area contributed by atoms with Gasteiger partial charge in [0.15, 0.2) is 0 Å². The standard InChI is InChI=1S/C14H24N4/c1-15-13-5-6-16-14(11-13)12-17(2)9-10-18-7-3-4-8-18/h5-6,11H,3-4,7-10,12H2,1-2H3,(H,15,16). The van der Waals surface area contributed by atoms with Gasteiger partial charge in [0.05, 0.1) is 5.69 Å². The Morgan fingerprint density at radius 3 is 2.89 bits per heavy atom. The van der Waals surface area contributed by atoms with Crippen LogP contribution in [0.5, 0.6) is 0 Å². The second-order valence-corrected chi connectivity index (χ2v) is 5.07. The molecule has 0 saturated carbocycles. The molecule has 18 heavy (non-hydrogen) atoms. The van der Waals surface area contributed by atoms with Crippen LogP contribution in [-0.4, -0.2) is 55.1 Å². The number of pyridine rings is 1. The van der Waals surface area contributed by atoms with Gasteiger partial charge in [-0.05, 0) is 45.1 Å². The Morgan fingerprint density at radius 1 is 1.39 bits per heavy atom. The van der Waals surface area contributed by atoms with Gasteiger partial charge >= 0.3 is 0 Å². The first-order valence-electron chi connectivity index (χ1n) is 6.81. The molecule has 2 rings (SSSR count). The van der Waals surface area contributed by atoms with Crippen LogP contribution < -0.4 is 5.32 Å². The molecule has 0 amide bonds. The first kappa shape index (κ1) is 13.3. The molecule has 2 heterocycles. The zero-order valence-electron chi connectivity index (χ0n) is 11.5. The number of likely N-dealkylation sites (tertiary alicyclic amines) is 1. The van der Waals surface area contributed by atoms with Gasteiger partial charge in [-0.25, -0.2) is 0 Å². The Kier molecular flexibility index (Phi) is 4.96. The fourth-order valence-corrected chi connectivity index (χ4v) is 2.39. The summed E-state index contributed by atoms with van der Waals surface area (Å²) >= 11 is 0. The van der Waals surface area contributed by atoms with E-state index < -0.39 is 0 Å². The van der Waals surface area contributed by atoms with E-state index in [1.165, 1.54) is 32.5 Å². The van der Waals surface area contributed by atoms with Gasteiger partial charge in [-0.2, -0.15) is 0 Å². The van der Waals surface area contributed by atoms with Gasteiger partial charge in [-0.15, -0.1) is 0 Å². The smallest absolute Gasteiger partial charge is 0.0564 e. The Balaban J connectivity index is 1.76. The molecule has 4 heteroatoms. The largest absolute Gasteiger partial charge is 0.388 e. The maximum absolute atomic E-state index is 4.41. The summed E-state index contributed by atoms with van der Waals surface area (Å²) in [5.74, 6) is 0. The summed E-state index contributed by atoms with van der Waals surface area (Å²) < 4.78 is 0. The highest BCUT2D eigenvalue weighted by Crippen LogP contribution is 2.09. The number of rotatable bonds is 6. The first-order chi connectivity index (χ1) is 8.78. The van der Waals surface area contributed by atoms with E-state index in [1.54, 1.807) is 0 Å². The third-order valence-electron chi connectivity index (χ3n) is 3.53. The molecule has 0 aliphatic carbocycles. The minimum Gasteiger partial charge on any atom is -0.388 e. The summed E-state index contributed by atoms with van der Waals surface area (Å²) in [6, 6.07) is 4.11. The SMILES string of the molecule is CNc1ccnc(CN(C)CCN2CCCC2)c1. The lowest BCUT2D eigenvalue weighted by atomic mass is 10.3. The van der Waals surface area contributed by atoms with Crippen molar-refractivity contribution in [1.29, 1.82) is 0 Å². The number of hydrogen-bond acceptors (Lipinski definition) is 4. The molecule has 1 aliphatic rings.